The van der Waals surface area contributed by atoms with Crippen molar-refractivity contribution in [1.82, 2.24) is 15.0 Å². The number of hydrogen-bond acceptors (Lipinski definition) is 4. The second-order valence-corrected chi connectivity index (χ2v) is 4.96. The van der Waals surface area contributed by atoms with Crippen molar-refractivity contribution in [2.75, 3.05) is 5.32 Å². The molecule has 0 fully saturated rings. The first-order valence-electron chi connectivity index (χ1n) is 5.83. The van der Waals surface area contributed by atoms with Gasteiger partial charge in [0.1, 0.15) is 16.2 Å². The van der Waals surface area contributed by atoms with Crippen LogP contribution in [0.4, 0.5) is 11.5 Å². The predicted octanol–water partition coefficient (Wildman–Crippen LogP) is 3.84. The molecule has 0 aliphatic heterocycles. The number of halogens is 1. The lowest BCUT2D eigenvalue weighted by Gasteiger charge is -2.09. The molecule has 94 valence electrons. The van der Waals surface area contributed by atoms with E-state index in [2.05, 4.69) is 36.2 Å². The molecule has 3 rings (SSSR count). The van der Waals surface area contributed by atoms with Crippen molar-refractivity contribution < 1.29 is 0 Å². The zero-order valence-corrected chi connectivity index (χ0v) is 11.8. The summed E-state index contributed by atoms with van der Waals surface area (Å²) in [7, 11) is 0. The summed E-state index contributed by atoms with van der Waals surface area (Å²) in [6, 6.07) is 9.89. The van der Waals surface area contributed by atoms with E-state index in [1.807, 2.05) is 43.5 Å². The highest BCUT2D eigenvalue weighted by molar-refractivity contribution is 9.10. The third kappa shape index (κ3) is 2.56. The molecule has 0 radical (unpaired) electrons. The van der Waals surface area contributed by atoms with Crippen molar-refractivity contribution >= 4 is 38.2 Å². The molecule has 1 aromatic carbocycles. The second-order valence-electron chi connectivity index (χ2n) is 4.15. The smallest absolute Gasteiger partial charge is 0.135 e. The Morgan fingerprint density at radius 1 is 1.16 bits per heavy atom. The number of aryl methyl sites for hydroxylation is 1. The average Bonchev–Trinajstić information content (AvgIpc) is 2.38. The molecule has 0 saturated carbocycles. The van der Waals surface area contributed by atoms with Gasteiger partial charge in [-0.2, -0.15) is 0 Å². The van der Waals surface area contributed by atoms with Crippen LogP contribution in [0.3, 0.4) is 0 Å². The fraction of sp³-hybridized carbons (Fsp3) is 0.0714. The summed E-state index contributed by atoms with van der Waals surface area (Å²) in [5.41, 5.74) is 1.00. The van der Waals surface area contributed by atoms with Crippen LogP contribution in [0, 0.1) is 6.92 Å². The van der Waals surface area contributed by atoms with E-state index in [-0.39, 0.29) is 0 Å². The molecule has 0 atom stereocenters. The third-order valence-electron chi connectivity index (χ3n) is 2.75. The Hall–Kier alpha value is -2.01. The minimum Gasteiger partial charge on any atom is -0.340 e. The maximum Gasteiger partial charge on any atom is 0.135 e. The number of rotatable bonds is 2. The number of benzene rings is 1. The van der Waals surface area contributed by atoms with Crippen LogP contribution in [0.25, 0.3) is 10.8 Å². The molecule has 5 heteroatoms. The van der Waals surface area contributed by atoms with Crippen LogP contribution in [0.1, 0.15) is 5.82 Å². The number of nitrogens with one attached hydrogen (secondary N) is 1. The largest absolute Gasteiger partial charge is 0.340 e. The Kier molecular flexibility index (Phi) is 3.13. The van der Waals surface area contributed by atoms with Gasteiger partial charge in [0.05, 0.1) is 0 Å². The molecule has 0 aliphatic carbocycles. The molecule has 0 bridgehead atoms. The van der Waals surface area contributed by atoms with Gasteiger partial charge in [0.2, 0.25) is 0 Å². The molecule has 0 unspecified atom stereocenters. The quantitative estimate of drug-likeness (QED) is 0.730. The maximum atomic E-state index is 4.37. The molecule has 0 saturated heterocycles. The fourth-order valence-electron chi connectivity index (χ4n) is 1.96. The van der Waals surface area contributed by atoms with E-state index >= 15 is 0 Å². The summed E-state index contributed by atoms with van der Waals surface area (Å²) in [5, 5.41) is 5.53. The standard InChI is InChI=1S/C14H11BrN4/c1-9-17-13(15)7-14(18-9)19-12-4-2-3-10-8-16-6-5-11(10)12/h2-8H,1H3,(H,17,18,19). The highest BCUT2D eigenvalue weighted by Crippen LogP contribution is 2.25. The Labute approximate surface area is 119 Å². The van der Waals surface area contributed by atoms with Gasteiger partial charge in [-0.05, 0) is 35.0 Å². The zero-order chi connectivity index (χ0) is 13.2. The van der Waals surface area contributed by atoms with Crippen molar-refractivity contribution in [3.63, 3.8) is 0 Å². The van der Waals surface area contributed by atoms with Gasteiger partial charge >= 0.3 is 0 Å². The van der Waals surface area contributed by atoms with Crippen molar-refractivity contribution in [2.45, 2.75) is 6.92 Å². The van der Waals surface area contributed by atoms with Gasteiger partial charge in [-0.25, -0.2) is 9.97 Å². The molecule has 0 spiro atoms. The van der Waals surface area contributed by atoms with Gasteiger partial charge in [0, 0.05) is 34.9 Å². The van der Waals surface area contributed by atoms with Gasteiger partial charge in [-0.3, -0.25) is 4.98 Å². The molecule has 0 amide bonds. The summed E-state index contributed by atoms with van der Waals surface area (Å²) >= 11 is 3.37. The van der Waals surface area contributed by atoms with Gasteiger partial charge in [0.15, 0.2) is 0 Å². The van der Waals surface area contributed by atoms with Crippen LogP contribution in [0.5, 0.6) is 0 Å². The molecule has 4 nitrogen and oxygen atoms in total. The van der Waals surface area contributed by atoms with Crippen molar-refractivity contribution in [3.8, 4) is 0 Å². The van der Waals surface area contributed by atoms with E-state index in [0.717, 1.165) is 32.7 Å². The first-order chi connectivity index (χ1) is 9.22. The van der Waals surface area contributed by atoms with Crippen LogP contribution in [0.2, 0.25) is 0 Å². The lowest BCUT2D eigenvalue weighted by atomic mass is 10.1. The Morgan fingerprint density at radius 3 is 2.89 bits per heavy atom. The summed E-state index contributed by atoms with van der Waals surface area (Å²) < 4.78 is 0.768. The minimum absolute atomic E-state index is 0.721. The normalized spacial score (nSPS) is 10.6. The first-order valence-corrected chi connectivity index (χ1v) is 6.62. The third-order valence-corrected chi connectivity index (χ3v) is 3.16. The van der Waals surface area contributed by atoms with Crippen LogP contribution >= 0.6 is 15.9 Å². The van der Waals surface area contributed by atoms with E-state index in [9.17, 15) is 0 Å². The van der Waals surface area contributed by atoms with Crippen molar-refractivity contribution in [3.05, 3.63) is 53.2 Å². The van der Waals surface area contributed by atoms with Gasteiger partial charge in [-0.15, -0.1) is 0 Å². The van der Waals surface area contributed by atoms with Crippen LogP contribution in [-0.4, -0.2) is 15.0 Å². The Morgan fingerprint density at radius 2 is 2.05 bits per heavy atom. The molecule has 1 N–H and O–H groups in total. The monoisotopic (exact) mass is 314 g/mol. The molecule has 0 aliphatic rings. The highest BCUT2D eigenvalue weighted by atomic mass is 79.9. The second kappa shape index (κ2) is 4.93. The number of anilines is 2. The van der Waals surface area contributed by atoms with E-state index in [1.165, 1.54) is 0 Å². The number of fused-ring (bicyclic) bond motifs is 1. The highest BCUT2D eigenvalue weighted by Gasteiger charge is 2.03. The summed E-state index contributed by atoms with van der Waals surface area (Å²) in [5.74, 6) is 1.49. The number of nitrogens with zero attached hydrogens (tertiary/aromatic N) is 3. The van der Waals surface area contributed by atoms with E-state index < -0.39 is 0 Å². The maximum absolute atomic E-state index is 4.37. The SMILES string of the molecule is Cc1nc(Br)cc(Nc2cccc3cnccc23)n1. The van der Waals surface area contributed by atoms with Crippen LogP contribution < -0.4 is 5.32 Å². The number of aromatic nitrogens is 3. The van der Waals surface area contributed by atoms with Crippen LogP contribution in [-0.2, 0) is 0 Å². The average molecular weight is 315 g/mol. The Balaban J connectivity index is 2.05. The summed E-state index contributed by atoms with van der Waals surface area (Å²) in [6.07, 6.45) is 3.64. The Bertz CT molecular complexity index is 717. The molecule has 3 aromatic rings. The van der Waals surface area contributed by atoms with E-state index in [0.29, 0.717) is 0 Å². The van der Waals surface area contributed by atoms with E-state index in [1.54, 1.807) is 6.20 Å². The van der Waals surface area contributed by atoms with Crippen molar-refractivity contribution in [2.24, 2.45) is 0 Å². The number of pyridine rings is 1. The lowest BCUT2D eigenvalue weighted by Crippen LogP contribution is -1.98. The number of hydrogen-bond donors (Lipinski definition) is 1. The lowest BCUT2D eigenvalue weighted by molar-refractivity contribution is 1.04. The topological polar surface area (TPSA) is 50.7 Å². The van der Waals surface area contributed by atoms with Gasteiger partial charge in [-0.1, -0.05) is 12.1 Å². The molecular weight excluding hydrogens is 304 g/mol. The van der Waals surface area contributed by atoms with Crippen LogP contribution in [0.15, 0.2) is 47.3 Å². The minimum atomic E-state index is 0.721. The molecule has 19 heavy (non-hydrogen) atoms. The first kappa shape index (κ1) is 12.0. The van der Waals surface area contributed by atoms with E-state index in [4.69, 9.17) is 0 Å². The van der Waals surface area contributed by atoms with Crippen molar-refractivity contribution in [1.29, 1.82) is 0 Å². The molecular formula is C14H11BrN4. The fourth-order valence-corrected chi connectivity index (χ4v) is 2.44. The molecule has 2 aromatic heterocycles. The predicted molar refractivity (Wildman–Crippen MR) is 79.5 cm³/mol. The molecule has 2 heterocycles. The van der Waals surface area contributed by atoms with Gasteiger partial charge in [0.25, 0.3) is 0 Å². The van der Waals surface area contributed by atoms with Gasteiger partial charge < -0.3 is 5.32 Å². The summed E-state index contributed by atoms with van der Waals surface area (Å²) in [4.78, 5) is 12.7. The zero-order valence-electron chi connectivity index (χ0n) is 10.3. The summed E-state index contributed by atoms with van der Waals surface area (Å²) in [6.45, 7) is 1.86.